The molecule has 2 aromatic rings. The van der Waals surface area contributed by atoms with Gasteiger partial charge in [0.1, 0.15) is 11.6 Å². The third-order valence-electron chi connectivity index (χ3n) is 3.52. The lowest BCUT2D eigenvalue weighted by Crippen LogP contribution is -2.10. The lowest BCUT2D eigenvalue weighted by Gasteiger charge is -2.11. The maximum absolute atomic E-state index is 9.43. The van der Waals surface area contributed by atoms with Gasteiger partial charge in [0.05, 0.1) is 11.4 Å². The Labute approximate surface area is 124 Å². The van der Waals surface area contributed by atoms with Crippen LogP contribution in [0.1, 0.15) is 41.9 Å². The predicted octanol–water partition coefficient (Wildman–Crippen LogP) is 2.13. The van der Waals surface area contributed by atoms with Gasteiger partial charge in [-0.05, 0) is 25.3 Å². The lowest BCUT2D eigenvalue weighted by molar-refractivity contribution is 0.756. The second-order valence-corrected chi connectivity index (χ2v) is 4.93. The Bertz CT molecular complexity index is 680. The van der Waals surface area contributed by atoms with E-state index in [1.54, 1.807) is 4.68 Å². The van der Waals surface area contributed by atoms with E-state index in [4.69, 9.17) is 0 Å². The highest BCUT2D eigenvalue weighted by Gasteiger charge is 2.14. The Balaban J connectivity index is 2.28. The summed E-state index contributed by atoms with van der Waals surface area (Å²) in [5.74, 6) is 0.551. The third-order valence-corrected chi connectivity index (χ3v) is 3.52. The van der Waals surface area contributed by atoms with Gasteiger partial charge in [0.25, 0.3) is 0 Å². The van der Waals surface area contributed by atoms with Gasteiger partial charge in [-0.1, -0.05) is 13.8 Å². The first-order valence-corrected chi connectivity index (χ1v) is 7.12. The quantitative estimate of drug-likeness (QED) is 0.909. The molecule has 2 rings (SSSR count). The van der Waals surface area contributed by atoms with Gasteiger partial charge in [-0.3, -0.25) is 4.68 Å². The minimum Gasteiger partial charge on any atom is -0.363 e. The summed E-state index contributed by atoms with van der Waals surface area (Å²) >= 11 is 0. The second kappa shape index (κ2) is 6.35. The molecule has 0 spiro atoms. The molecule has 0 fully saturated rings. The van der Waals surface area contributed by atoms with Gasteiger partial charge in [-0.2, -0.15) is 15.5 Å². The molecule has 0 radical (unpaired) electrons. The monoisotopic (exact) mass is 284 g/mol. The topological polar surface area (TPSA) is 79.4 Å². The van der Waals surface area contributed by atoms with Crippen LogP contribution >= 0.6 is 0 Å². The summed E-state index contributed by atoms with van der Waals surface area (Å²) < 4.78 is 1.78. The van der Waals surface area contributed by atoms with Crippen molar-refractivity contribution in [2.45, 2.75) is 40.2 Å². The summed E-state index contributed by atoms with van der Waals surface area (Å²) in [4.78, 5) is 0. The van der Waals surface area contributed by atoms with Crippen LogP contribution in [0.4, 0.5) is 5.82 Å². The molecule has 0 saturated heterocycles. The molecular formula is C15H20N6. The lowest BCUT2D eigenvalue weighted by atomic mass is 10.0. The van der Waals surface area contributed by atoms with Crippen LogP contribution in [0, 0.1) is 18.3 Å². The summed E-state index contributed by atoms with van der Waals surface area (Å²) in [6, 6.07) is 2.26. The number of hydrogen-bond acceptors (Lipinski definition) is 5. The largest absolute Gasteiger partial charge is 0.363 e. The highest BCUT2D eigenvalue weighted by atomic mass is 15.3. The molecule has 2 heterocycles. The number of aryl methyl sites for hydroxylation is 3. The van der Waals surface area contributed by atoms with E-state index in [1.165, 1.54) is 0 Å². The molecule has 0 aliphatic carbocycles. The van der Waals surface area contributed by atoms with Crippen molar-refractivity contribution in [2.75, 3.05) is 5.32 Å². The van der Waals surface area contributed by atoms with Crippen LogP contribution in [-0.2, 0) is 26.4 Å². The fraction of sp³-hybridized carbons (Fsp3) is 0.467. The van der Waals surface area contributed by atoms with Crippen molar-refractivity contribution >= 4 is 5.82 Å². The average molecular weight is 284 g/mol. The molecule has 0 atom stereocenters. The van der Waals surface area contributed by atoms with E-state index < -0.39 is 0 Å². The SMILES string of the molecule is CCc1nnc(NCc2cn(C)nc2C)c(C#N)c1CC. The molecule has 6 heteroatoms. The van der Waals surface area contributed by atoms with E-state index in [0.717, 1.165) is 35.4 Å². The van der Waals surface area contributed by atoms with Crippen LogP contribution in [0.5, 0.6) is 0 Å². The molecular weight excluding hydrogens is 264 g/mol. The molecule has 0 aromatic carbocycles. The molecule has 1 N–H and O–H groups in total. The summed E-state index contributed by atoms with van der Waals surface area (Å²) in [7, 11) is 1.89. The Morgan fingerprint density at radius 1 is 1.29 bits per heavy atom. The van der Waals surface area contributed by atoms with Gasteiger partial charge in [0.2, 0.25) is 0 Å². The van der Waals surface area contributed by atoms with Crippen molar-refractivity contribution in [1.29, 1.82) is 5.26 Å². The van der Waals surface area contributed by atoms with E-state index in [2.05, 4.69) is 26.7 Å². The molecule has 0 saturated carbocycles. The maximum atomic E-state index is 9.43. The van der Waals surface area contributed by atoms with E-state index in [0.29, 0.717) is 17.9 Å². The van der Waals surface area contributed by atoms with Crippen molar-refractivity contribution in [2.24, 2.45) is 7.05 Å². The fourth-order valence-electron chi connectivity index (χ4n) is 2.42. The van der Waals surface area contributed by atoms with E-state index >= 15 is 0 Å². The normalized spacial score (nSPS) is 10.4. The van der Waals surface area contributed by atoms with Crippen LogP contribution in [-0.4, -0.2) is 20.0 Å². The number of rotatable bonds is 5. The summed E-state index contributed by atoms with van der Waals surface area (Å²) in [6.45, 7) is 6.60. The van der Waals surface area contributed by atoms with Crippen LogP contribution in [0.15, 0.2) is 6.20 Å². The number of nitrogens with zero attached hydrogens (tertiary/aromatic N) is 5. The molecule has 21 heavy (non-hydrogen) atoms. The van der Waals surface area contributed by atoms with Gasteiger partial charge >= 0.3 is 0 Å². The molecule has 0 aliphatic heterocycles. The minimum atomic E-state index is 0.551. The molecule has 0 unspecified atom stereocenters. The third kappa shape index (κ3) is 3.02. The number of anilines is 1. The minimum absolute atomic E-state index is 0.551. The summed E-state index contributed by atoms with van der Waals surface area (Å²) in [5.41, 5.74) is 4.54. The van der Waals surface area contributed by atoms with Crippen LogP contribution in [0.25, 0.3) is 0 Å². The van der Waals surface area contributed by atoms with Crippen molar-refractivity contribution in [3.05, 3.63) is 34.3 Å². The zero-order chi connectivity index (χ0) is 15.4. The standard InChI is InChI=1S/C15H20N6/c1-5-12-13(7-16)15(19-18-14(12)6-2)17-8-11-9-21(4)20-10(11)3/h9H,5-6,8H2,1-4H3,(H,17,19). The summed E-state index contributed by atoms with van der Waals surface area (Å²) in [6.07, 6.45) is 3.53. The second-order valence-electron chi connectivity index (χ2n) is 4.93. The van der Waals surface area contributed by atoms with Gasteiger partial charge in [0, 0.05) is 25.4 Å². The first kappa shape index (κ1) is 15.0. The summed E-state index contributed by atoms with van der Waals surface area (Å²) in [5, 5.41) is 25.3. The van der Waals surface area contributed by atoms with Crippen LogP contribution in [0.2, 0.25) is 0 Å². The highest BCUT2D eigenvalue weighted by molar-refractivity contribution is 5.56. The smallest absolute Gasteiger partial charge is 0.167 e. The van der Waals surface area contributed by atoms with Crippen molar-refractivity contribution in [1.82, 2.24) is 20.0 Å². The van der Waals surface area contributed by atoms with Gasteiger partial charge in [-0.25, -0.2) is 0 Å². The van der Waals surface area contributed by atoms with E-state index in [-0.39, 0.29) is 0 Å². The zero-order valence-electron chi connectivity index (χ0n) is 12.9. The Morgan fingerprint density at radius 2 is 2.05 bits per heavy atom. The first-order chi connectivity index (χ1) is 10.1. The Kier molecular flexibility index (Phi) is 4.53. The highest BCUT2D eigenvalue weighted by Crippen LogP contribution is 2.20. The van der Waals surface area contributed by atoms with E-state index in [9.17, 15) is 5.26 Å². The van der Waals surface area contributed by atoms with Crippen molar-refractivity contribution in [3.63, 3.8) is 0 Å². The number of nitriles is 1. The van der Waals surface area contributed by atoms with E-state index in [1.807, 2.05) is 34.0 Å². The predicted molar refractivity (Wildman–Crippen MR) is 80.8 cm³/mol. The molecule has 0 bridgehead atoms. The molecule has 110 valence electrons. The molecule has 6 nitrogen and oxygen atoms in total. The first-order valence-electron chi connectivity index (χ1n) is 7.12. The van der Waals surface area contributed by atoms with Crippen LogP contribution in [0.3, 0.4) is 0 Å². The number of aromatic nitrogens is 4. The van der Waals surface area contributed by atoms with Gasteiger partial charge in [0.15, 0.2) is 5.82 Å². The Hall–Kier alpha value is -2.42. The maximum Gasteiger partial charge on any atom is 0.167 e. The fourth-order valence-corrected chi connectivity index (χ4v) is 2.42. The molecule has 0 aliphatic rings. The Morgan fingerprint density at radius 3 is 2.57 bits per heavy atom. The van der Waals surface area contributed by atoms with Crippen LogP contribution < -0.4 is 5.32 Å². The molecule has 0 amide bonds. The van der Waals surface area contributed by atoms with Gasteiger partial charge < -0.3 is 5.32 Å². The van der Waals surface area contributed by atoms with Crippen molar-refractivity contribution in [3.8, 4) is 6.07 Å². The zero-order valence-corrected chi connectivity index (χ0v) is 12.9. The number of nitrogens with one attached hydrogen (secondary N) is 1. The van der Waals surface area contributed by atoms with Crippen molar-refractivity contribution < 1.29 is 0 Å². The number of hydrogen-bond donors (Lipinski definition) is 1. The molecule has 2 aromatic heterocycles. The average Bonchev–Trinajstić information content (AvgIpc) is 2.81. The van der Waals surface area contributed by atoms with Gasteiger partial charge in [-0.15, -0.1) is 5.10 Å².